The van der Waals surface area contributed by atoms with Crippen molar-refractivity contribution in [1.29, 1.82) is 0 Å². The van der Waals surface area contributed by atoms with Gasteiger partial charge in [-0.05, 0) is 50.9 Å². The molecule has 0 aliphatic heterocycles. The van der Waals surface area contributed by atoms with Crippen molar-refractivity contribution in [3.8, 4) is 22.3 Å². The van der Waals surface area contributed by atoms with Crippen molar-refractivity contribution in [2.75, 3.05) is 0 Å². The topological polar surface area (TPSA) is 0 Å². The minimum Gasteiger partial charge on any atom is -0.0620 e. The van der Waals surface area contributed by atoms with Gasteiger partial charge in [-0.3, -0.25) is 0 Å². The van der Waals surface area contributed by atoms with Crippen molar-refractivity contribution >= 4 is 0 Å². The van der Waals surface area contributed by atoms with Crippen molar-refractivity contribution in [3.63, 3.8) is 0 Å². The smallest absolute Gasteiger partial charge is 0.0510 e. The van der Waals surface area contributed by atoms with Crippen LogP contribution in [0.25, 0.3) is 22.3 Å². The van der Waals surface area contributed by atoms with Crippen LogP contribution in [-0.4, -0.2) is 0 Å². The second-order valence-corrected chi connectivity index (χ2v) is 7.38. The Morgan fingerprint density at radius 3 is 1.35 bits per heavy atom. The number of hydrogen-bond donors (Lipinski definition) is 0. The molecule has 6 rings (SSSR count). The first-order chi connectivity index (χ1) is 12.9. The van der Waals surface area contributed by atoms with E-state index < -0.39 is 0 Å². The molecule has 26 heavy (non-hydrogen) atoms. The van der Waals surface area contributed by atoms with Gasteiger partial charge in [0.05, 0.1) is 5.41 Å². The molecule has 2 aliphatic carbocycles. The molecule has 0 amide bonds. The SMILES string of the molecule is c1ccc2c(c1)CC1(c3ccccc3-2)c2ccccc2-c2ccccc21. The Hall–Kier alpha value is -3.12. The first-order valence-corrected chi connectivity index (χ1v) is 9.27. The van der Waals surface area contributed by atoms with Crippen LogP contribution < -0.4 is 0 Å². The van der Waals surface area contributed by atoms with Crippen LogP contribution in [0.3, 0.4) is 0 Å². The predicted molar refractivity (Wildman–Crippen MR) is 107 cm³/mol. The van der Waals surface area contributed by atoms with Crippen LogP contribution in [-0.2, 0) is 11.8 Å². The highest BCUT2D eigenvalue weighted by molar-refractivity contribution is 5.88. The molecule has 0 unspecified atom stereocenters. The fraction of sp³-hybridized carbons (Fsp3) is 0.0769. The van der Waals surface area contributed by atoms with Crippen LogP contribution in [0.2, 0.25) is 0 Å². The molecule has 0 fully saturated rings. The highest BCUT2D eigenvalue weighted by atomic mass is 14.5. The van der Waals surface area contributed by atoms with Gasteiger partial charge in [0.2, 0.25) is 0 Å². The van der Waals surface area contributed by atoms with Gasteiger partial charge in [0.15, 0.2) is 0 Å². The number of hydrogen-bond acceptors (Lipinski definition) is 0. The molecule has 4 aromatic carbocycles. The summed E-state index contributed by atoms with van der Waals surface area (Å²) in [6.45, 7) is 0. The maximum absolute atomic E-state index is 2.34. The third-order valence-corrected chi connectivity index (χ3v) is 6.21. The average molecular weight is 330 g/mol. The van der Waals surface area contributed by atoms with Crippen LogP contribution in [0.5, 0.6) is 0 Å². The van der Waals surface area contributed by atoms with E-state index in [2.05, 4.69) is 97.1 Å². The second-order valence-electron chi connectivity index (χ2n) is 7.38. The summed E-state index contributed by atoms with van der Waals surface area (Å²) in [6, 6.07) is 35.8. The van der Waals surface area contributed by atoms with Gasteiger partial charge >= 0.3 is 0 Å². The van der Waals surface area contributed by atoms with E-state index in [-0.39, 0.29) is 5.41 Å². The maximum atomic E-state index is 2.34. The Morgan fingerprint density at radius 1 is 0.423 bits per heavy atom. The summed E-state index contributed by atoms with van der Waals surface area (Å²) in [7, 11) is 0. The zero-order chi connectivity index (χ0) is 17.1. The number of fused-ring (bicyclic) bond motifs is 9. The van der Waals surface area contributed by atoms with Gasteiger partial charge in [-0.2, -0.15) is 0 Å². The first-order valence-electron chi connectivity index (χ1n) is 9.27. The van der Waals surface area contributed by atoms with Crippen LogP contribution in [0.15, 0.2) is 97.1 Å². The Morgan fingerprint density at radius 2 is 0.808 bits per heavy atom. The van der Waals surface area contributed by atoms with E-state index in [1.165, 1.54) is 44.5 Å². The zero-order valence-corrected chi connectivity index (χ0v) is 14.4. The fourth-order valence-corrected chi connectivity index (χ4v) is 5.21. The maximum Gasteiger partial charge on any atom is 0.0510 e. The Kier molecular flexibility index (Phi) is 2.69. The lowest BCUT2D eigenvalue weighted by atomic mass is 9.63. The van der Waals surface area contributed by atoms with Crippen LogP contribution in [0, 0.1) is 0 Å². The van der Waals surface area contributed by atoms with E-state index in [4.69, 9.17) is 0 Å². The molecule has 1 spiro atoms. The molecule has 0 heteroatoms. The third kappa shape index (κ3) is 1.60. The summed E-state index contributed by atoms with van der Waals surface area (Å²) in [5.41, 5.74) is 11.2. The normalized spacial score (nSPS) is 15.1. The predicted octanol–water partition coefficient (Wildman–Crippen LogP) is 6.22. The molecule has 2 aliphatic rings. The molecule has 0 bridgehead atoms. The highest BCUT2D eigenvalue weighted by Gasteiger charge is 2.47. The van der Waals surface area contributed by atoms with Crippen LogP contribution in [0.1, 0.15) is 22.3 Å². The Balaban J connectivity index is 1.79. The third-order valence-electron chi connectivity index (χ3n) is 6.21. The molecule has 0 radical (unpaired) electrons. The lowest BCUT2D eigenvalue weighted by Crippen LogP contribution is -2.33. The molecule has 0 saturated carbocycles. The summed E-state index contributed by atoms with van der Waals surface area (Å²) < 4.78 is 0. The summed E-state index contributed by atoms with van der Waals surface area (Å²) in [6.07, 6.45) is 1.02. The standard InChI is InChI=1S/C26H18/c1-2-10-19-18(9-1)17-26(23-14-6-3-11-20(19)23)24-15-7-4-12-21(24)22-13-5-8-16-25(22)26/h1-16H,17H2. The van der Waals surface area contributed by atoms with E-state index in [0.717, 1.165) is 6.42 Å². The lowest BCUT2D eigenvalue weighted by molar-refractivity contribution is 0.622. The van der Waals surface area contributed by atoms with E-state index in [1.54, 1.807) is 0 Å². The van der Waals surface area contributed by atoms with Crippen molar-refractivity contribution in [1.82, 2.24) is 0 Å². The molecular weight excluding hydrogens is 312 g/mol. The second kappa shape index (κ2) is 4.95. The van der Waals surface area contributed by atoms with Crippen molar-refractivity contribution in [2.24, 2.45) is 0 Å². The van der Waals surface area contributed by atoms with E-state index >= 15 is 0 Å². The molecular formula is C26H18. The van der Waals surface area contributed by atoms with E-state index in [9.17, 15) is 0 Å². The average Bonchev–Trinajstić information content (AvgIpc) is 3.00. The van der Waals surface area contributed by atoms with Gasteiger partial charge < -0.3 is 0 Å². The first kappa shape index (κ1) is 14.1. The lowest BCUT2D eigenvalue weighted by Gasteiger charge is -2.39. The van der Waals surface area contributed by atoms with Crippen molar-refractivity contribution in [3.05, 3.63) is 119 Å². The van der Waals surface area contributed by atoms with Gasteiger partial charge in [-0.25, -0.2) is 0 Å². The van der Waals surface area contributed by atoms with Gasteiger partial charge in [0, 0.05) is 0 Å². The molecule has 0 heterocycles. The van der Waals surface area contributed by atoms with Crippen LogP contribution >= 0.6 is 0 Å². The number of benzene rings is 4. The quantitative estimate of drug-likeness (QED) is 0.359. The van der Waals surface area contributed by atoms with E-state index in [0.29, 0.717) is 0 Å². The zero-order valence-electron chi connectivity index (χ0n) is 14.4. The highest BCUT2D eigenvalue weighted by Crippen LogP contribution is 2.58. The molecule has 0 N–H and O–H groups in total. The number of rotatable bonds is 0. The minimum absolute atomic E-state index is 0.0852. The van der Waals surface area contributed by atoms with Gasteiger partial charge in [0.1, 0.15) is 0 Å². The minimum atomic E-state index is -0.0852. The van der Waals surface area contributed by atoms with E-state index in [1.807, 2.05) is 0 Å². The summed E-state index contributed by atoms with van der Waals surface area (Å²) >= 11 is 0. The monoisotopic (exact) mass is 330 g/mol. The molecule has 0 saturated heterocycles. The fourth-order valence-electron chi connectivity index (χ4n) is 5.21. The van der Waals surface area contributed by atoms with Gasteiger partial charge in [-0.1, -0.05) is 97.1 Å². The molecule has 122 valence electrons. The molecule has 0 nitrogen and oxygen atoms in total. The van der Waals surface area contributed by atoms with Crippen LogP contribution in [0.4, 0.5) is 0 Å². The van der Waals surface area contributed by atoms with Crippen molar-refractivity contribution < 1.29 is 0 Å². The van der Waals surface area contributed by atoms with Gasteiger partial charge in [0.25, 0.3) is 0 Å². The summed E-state index contributed by atoms with van der Waals surface area (Å²) in [5.74, 6) is 0. The molecule has 0 atom stereocenters. The molecule has 0 aromatic heterocycles. The summed E-state index contributed by atoms with van der Waals surface area (Å²) in [5, 5.41) is 0. The Labute approximate surface area is 153 Å². The largest absolute Gasteiger partial charge is 0.0620 e. The Bertz CT molecular complexity index is 1120. The summed E-state index contributed by atoms with van der Waals surface area (Å²) in [4.78, 5) is 0. The van der Waals surface area contributed by atoms with Gasteiger partial charge in [-0.15, -0.1) is 0 Å². The van der Waals surface area contributed by atoms with Crippen molar-refractivity contribution in [2.45, 2.75) is 11.8 Å². The molecule has 4 aromatic rings.